The number of rotatable bonds is 3. The van der Waals surface area contributed by atoms with E-state index in [1.807, 2.05) is 0 Å². The Kier molecular flexibility index (Phi) is 3.08. The first-order valence-corrected chi connectivity index (χ1v) is 7.14. The van der Waals surface area contributed by atoms with Gasteiger partial charge in [0.05, 0.1) is 6.04 Å². The van der Waals surface area contributed by atoms with Gasteiger partial charge in [0.2, 0.25) is 5.88 Å². The highest BCUT2D eigenvalue weighted by atomic mass is 19.4. The molecule has 0 bridgehead atoms. The van der Waals surface area contributed by atoms with Crippen LogP contribution in [0.2, 0.25) is 0 Å². The van der Waals surface area contributed by atoms with Gasteiger partial charge in [0.15, 0.2) is 5.65 Å². The van der Waals surface area contributed by atoms with Gasteiger partial charge in [-0.3, -0.25) is 0 Å². The van der Waals surface area contributed by atoms with Gasteiger partial charge in [0.1, 0.15) is 23.2 Å². The first-order chi connectivity index (χ1) is 11.4. The zero-order valence-corrected chi connectivity index (χ0v) is 12.2. The summed E-state index contributed by atoms with van der Waals surface area (Å²) in [6.07, 6.45) is -1.36. The predicted molar refractivity (Wildman–Crippen MR) is 77.3 cm³/mol. The van der Waals surface area contributed by atoms with Gasteiger partial charge in [-0.05, 0) is 18.9 Å². The van der Waals surface area contributed by atoms with Crippen molar-refractivity contribution in [1.29, 1.82) is 0 Å². The monoisotopic (exact) mass is 336 g/mol. The normalized spacial score (nSPS) is 15.0. The first-order valence-electron chi connectivity index (χ1n) is 7.14. The highest BCUT2D eigenvalue weighted by molar-refractivity contribution is 5.90. The maximum atomic E-state index is 12.8. The Labute approximate surface area is 133 Å². The number of pyridine rings is 1. The molecule has 3 aromatic heterocycles. The van der Waals surface area contributed by atoms with Crippen LogP contribution >= 0.6 is 0 Å². The van der Waals surface area contributed by atoms with Crippen LogP contribution in [0, 0.1) is 0 Å². The van der Waals surface area contributed by atoms with Gasteiger partial charge in [-0.25, -0.2) is 19.6 Å². The van der Waals surface area contributed by atoms with Crippen molar-refractivity contribution in [3.8, 4) is 11.8 Å². The Morgan fingerprint density at radius 1 is 1.21 bits per heavy atom. The number of ether oxygens (including phenoxy) is 1. The molecule has 1 aliphatic rings. The van der Waals surface area contributed by atoms with Crippen molar-refractivity contribution in [2.45, 2.75) is 25.1 Å². The lowest BCUT2D eigenvalue weighted by Gasteiger charge is -2.07. The summed E-state index contributed by atoms with van der Waals surface area (Å²) in [4.78, 5) is 11.5. The Bertz CT molecular complexity index is 919. The molecule has 0 unspecified atom stereocenters. The fourth-order valence-corrected chi connectivity index (χ4v) is 2.34. The quantitative estimate of drug-likeness (QED) is 0.790. The third kappa shape index (κ3) is 2.49. The Balaban J connectivity index is 1.78. The zero-order valence-electron chi connectivity index (χ0n) is 12.2. The van der Waals surface area contributed by atoms with E-state index < -0.39 is 11.9 Å². The fourth-order valence-electron chi connectivity index (χ4n) is 2.34. The average molecular weight is 336 g/mol. The zero-order chi connectivity index (χ0) is 16.9. The molecule has 0 saturated heterocycles. The minimum Gasteiger partial charge on any atom is -0.418 e. The van der Waals surface area contributed by atoms with Gasteiger partial charge in [-0.2, -0.15) is 13.2 Å². The van der Waals surface area contributed by atoms with E-state index in [0.29, 0.717) is 11.0 Å². The van der Waals surface area contributed by atoms with Crippen molar-refractivity contribution < 1.29 is 17.9 Å². The molecule has 0 aliphatic heterocycles. The number of hydrogen-bond acceptors (Lipinski definition) is 6. The van der Waals surface area contributed by atoms with Crippen LogP contribution in [0.3, 0.4) is 0 Å². The summed E-state index contributed by atoms with van der Waals surface area (Å²) in [5, 5.41) is 4.65. The molecule has 24 heavy (non-hydrogen) atoms. The van der Waals surface area contributed by atoms with Crippen LogP contribution in [0.1, 0.15) is 24.6 Å². The molecule has 10 heteroatoms. The van der Waals surface area contributed by atoms with Crippen LogP contribution in [0.5, 0.6) is 11.8 Å². The van der Waals surface area contributed by atoms with E-state index in [9.17, 15) is 13.2 Å². The van der Waals surface area contributed by atoms with Crippen molar-refractivity contribution in [2.75, 3.05) is 5.73 Å². The number of nitrogens with two attached hydrogens (primary N) is 1. The number of fused-ring (bicyclic) bond motifs is 1. The minimum atomic E-state index is -4.56. The lowest BCUT2D eigenvalue weighted by molar-refractivity contribution is -0.141. The molecular weight excluding hydrogens is 325 g/mol. The third-order valence-corrected chi connectivity index (χ3v) is 3.59. The molecular formula is C14H11F3N6O. The number of hydrogen-bond donors (Lipinski definition) is 1. The number of aromatic nitrogens is 5. The molecule has 124 valence electrons. The van der Waals surface area contributed by atoms with Gasteiger partial charge < -0.3 is 10.5 Å². The SMILES string of the molecule is Nc1ncnc2c1c(Oc1cccc(C(F)(F)F)n1)nn2C1CC1. The van der Waals surface area contributed by atoms with Gasteiger partial charge in [-0.15, -0.1) is 5.10 Å². The number of nitrogen functional groups attached to an aromatic ring is 1. The molecule has 0 atom stereocenters. The van der Waals surface area contributed by atoms with Crippen LogP contribution in [-0.4, -0.2) is 24.7 Å². The molecule has 3 heterocycles. The smallest absolute Gasteiger partial charge is 0.418 e. The standard InChI is InChI=1S/C14H11F3N6O/c15-14(16,17)8-2-1-3-9(21-8)24-13-10-11(18)19-6-20-12(10)23(22-13)7-4-5-7/h1-3,6-7H,4-5H2,(H2,18,19,20). The van der Waals surface area contributed by atoms with Gasteiger partial charge in [0, 0.05) is 6.07 Å². The number of anilines is 1. The Morgan fingerprint density at radius 3 is 2.71 bits per heavy atom. The van der Waals surface area contributed by atoms with Gasteiger partial charge in [0.25, 0.3) is 5.88 Å². The highest BCUT2D eigenvalue weighted by Crippen LogP contribution is 2.40. The molecule has 1 fully saturated rings. The van der Waals surface area contributed by atoms with E-state index in [0.717, 1.165) is 18.9 Å². The number of alkyl halides is 3. The molecule has 7 nitrogen and oxygen atoms in total. The lowest BCUT2D eigenvalue weighted by atomic mass is 10.3. The van der Waals surface area contributed by atoms with E-state index in [1.54, 1.807) is 4.68 Å². The van der Waals surface area contributed by atoms with Crippen molar-refractivity contribution in [3.05, 3.63) is 30.2 Å². The summed E-state index contributed by atoms with van der Waals surface area (Å²) in [6.45, 7) is 0. The molecule has 1 saturated carbocycles. The van der Waals surface area contributed by atoms with Crippen molar-refractivity contribution in [1.82, 2.24) is 24.7 Å². The molecule has 3 aromatic rings. The van der Waals surface area contributed by atoms with Crippen LogP contribution < -0.4 is 10.5 Å². The first kappa shape index (κ1) is 14.7. The summed E-state index contributed by atoms with van der Waals surface area (Å²) in [6, 6.07) is 3.58. The van der Waals surface area contributed by atoms with Gasteiger partial charge in [-0.1, -0.05) is 6.07 Å². The summed E-state index contributed by atoms with van der Waals surface area (Å²) in [5.74, 6) is -0.0360. The maximum absolute atomic E-state index is 12.8. The average Bonchev–Trinajstić information content (AvgIpc) is 3.30. The molecule has 0 spiro atoms. The second-order valence-corrected chi connectivity index (χ2v) is 5.40. The molecule has 4 rings (SSSR count). The number of nitrogens with zero attached hydrogens (tertiary/aromatic N) is 5. The second kappa shape index (κ2) is 5.05. The third-order valence-electron chi connectivity index (χ3n) is 3.59. The van der Waals surface area contributed by atoms with Crippen molar-refractivity contribution >= 4 is 16.9 Å². The Morgan fingerprint density at radius 2 is 2.00 bits per heavy atom. The molecule has 1 aliphatic carbocycles. The van der Waals surface area contributed by atoms with E-state index >= 15 is 0 Å². The summed E-state index contributed by atoms with van der Waals surface area (Å²) >= 11 is 0. The predicted octanol–water partition coefficient (Wildman–Crippen LogP) is 2.95. The lowest BCUT2D eigenvalue weighted by Crippen LogP contribution is -2.08. The van der Waals surface area contributed by atoms with Crippen molar-refractivity contribution in [2.24, 2.45) is 0 Å². The molecule has 0 radical (unpaired) electrons. The minimum absolute atomic E-state index is 0.0434. The topological polar surface area (TPSA) is 91.7 Å². The molecule has 0 amide bonds. The van der Waals surface area contributed by atoms with Gasteiger partial charge >= 0.3 is 6.18 Å². The van der Waals surface area contributed by atoms with E-state index in [-0.39, 0.29) is 23.6 Å². The fraction of sp³-hybridized carbons (Fsp3) is 0.286. The van der Waals surface area contributed by atoms with Crippen LogP contribution in [0.4, 0.5) is 19.0 Å². The summed E-state index contributed by atoms with van der Waals surface area (Å²) in [5.41, 5.74) is 5.31. The maximum Gasteiger partial charge on any atom is 0.433 e. The summed E-state index contributed by atoms with van der Waals surface area (Å²) in [7, 11) is 0. The van der Waals surface area contributed by atoms with E-state index in [2.05, 4.69) is 20.1 Å². The molecule has 0 aromatic carbocycles. The van der Waals surface area contributed by atoms with E-state index in [4.69, 9.17) is 10.5 Å². The second-order valence-electron chi connectivity index (χ2n) is 5.40. The largest absolute Gasteiger partial charge is 0.433 e. The van der Waals surface area contributed by atoms with E-state index in [1.165, 1.54) is 18.5 Å². The van der Waals surface area contributed by atoms with Crippen LogP contribution in [-0.2, 0) is 6.18 Å². The highest BCUT2D eigenvalue weighted by Gasteiger charge is 2.33. The van der Waals surface area contributed by atoms with Crippen LogP contribution in [0.25, 0.3) is 11.0 Å². The Hall–Kier alpha value is -2.91. The number of halogens is 3. The van der Waals surface area contributed by atoms with Crippen LogP contribution in [0.15, 0.2) is 24.5 Å². The van der Waals surface area contributed by atoms with Crippen molar-refractivity contribution in [3.63, 3.8) is 0 Å². The molecule has 2 N–H and O–H groups in total. The summed E-state index contributed by atoms with van der Waals surface area (Å²) < 4.78 is 45.4.